The maximum Gasteiger partial charge on any atom is 0.0967 e. The van der Waals surface area contributed by atoms with Gasteiger partial charge in [0, 0.05) is 13.1 Å². The van der Waals surface area contributed by atoms with Gasteiger partial charge in [-0.3, -0.25) is 0 Å². The van der Waals surface area contributed by atoms with Crippen LogP contribution in [-0.4, -0.2) is 47.6 Å². The van der Waals surface area contributed by atoms with Crippen molar-refractivity contribution in [3.63, 3.8) is 0 Å². The van der Waals surface area contributed by atoms with Gasteiger partial charge < -0.3 is 9.84 Å². The summed E-state index contributed by atoms with van der Waals surface area (Å²) in [4.78, 5) is 0. The van der Waals surface area contributed by atoms with Gasteiger partial charge in [0.25, 0.3) is 0 Å². The third-order valence-electron chi connectivity index (χ3n) is 1.85. The lowest BCUT2D eigenvalue weighted by molar-refractivity contribution is -0.0625. The predicted molar refractivity (Wildman–Crippen MR) is 46.5 cm³/mol. The van der Waals surface area contributed by atoms with Crippen LogP contribution in [0.15, 0.2) is 0 Å². The van der Waals surface area contributed by atoms with Crippen LogP contribution >= 0.6 is 11.9 Å². The first-order valence-corrected chi connectivity index (χ1v) is 5.01. The number of ether oxygens (including phenoxy) is 1. The van der Waals surface area contributed by atoms with Gasteiger partial charge in [0.15, 0.2) is 0 Å². The first kappa shape index (κ1) is 9.32. The Morgan fingerprint density at radius 1 is 1.73 bits per heavy atom. The molecule has 0 aromatic carbocycles. The van der Waals surface area contributed by atoms with Crippen LogP contribution in [0.4, 0.5) is 0 Å². The summed E-state index contributed by atoms with van der Waals surface area (Å²) in [6.07, 6.45) is 1.69. The van der Waals surface area contributed by atoms with Gasteiger partial charge in [-0.2, -0.15) is 0 Å². The van der Waals surface area contributed by atoms with Crippen LogP contribution in [0.25, 0.3) is 0 Å². The van der Waals surface area contributed by atoms with E-state index in [1.54, 1.807) is 18.9 Å². The number of nitrogens with zero attached hydrogens (tertiary/aromatic N) is 1. The van der Waals surface area contributed by atoms with Crippen LogP contribution in [0.5, 0.6) is 0 Å². The fraction of sp³-hybridized carbons (Fsp3) is 1.00. The van der Waals surface area contributed by atoms with Crippen molar-refractivity contribution in [3.8, 4) is 0 Å². The maximum atomic E-state index is 9.23. The normalized spacial score (nSPS) is 30.3. The minimum Gasteiger partial charge on any atom is -0.391 e. The van der Waals surface area contributed by atoms with Crippen molar-refractivity contribution in [2.24, 2.45) is 0 Å². The Hall–Kier alpha value is 0.230. The average Bonchev–Trinajstić information content (AvgIpc) is 2.05. The molecule has 1 fully saturated rings. The summed E-state index contributed by atoms with van der Waals surface area (Å²) in [5, 5.41) is 9.23. The second-order valence-electron chi connectivity index (χ2n) is 2.72. The molecule has 1 rings (SSSR count). The van der Waals surface area contributed by atoms with E-state index in [0.29, 0.717) is 0 Å². The molecule has 3 nitrogen and oxygen atoms in total. The third kappa shape index (κ3) is 2.63. The Morgan fingerprint density at radius 3 is 3.00 bits per heavy atom. The van der Waals surface area contributed by atoms with E-state index in [1.807, 2.05) is 6.26 Å². The van der Waals surface area contributed by atoms with Crippen LogP contribution in [0.1, 0.15) is 6.92 Å². The minimum absolute atomic E-state index is 0.00352. The molecule has 0 spiro atoms. The van der Waals surface area contributed by atoms with Crippen LogP contribution in [0.2, 0.25) is 0 Å². The Kier molecular flexibility index (Phi) is 3.65. The van der Waals surface area contributed by atoms with E-state index < -0.39 is 0 Å². The van der Waals surface area contributed by atoms with E-state index in [1.165, 1.54) is 0 Å². The van der Waals surface area contributed by atoms with Crippen molar-refractivity contribution in [1.82, 2.24) is 4.31 Å². The van der Waals surface area contributed by atoms with Crippen LogP contribution < -0.4 is 0 Å². The van der Waals surface area contributed by atoms with Crippen LogP contribution in [-0.2, 0) is 4.74 Å². The first-order chi connectivity index (χ1) is 5.24. The SMILES string of the molecule is CSN1CCO[C@@H]([C@H](C)O)C1. The lowest BCUT2D eigenvalue weighted by Crippen LogP contribution is -2.43. The van der Waals surface area contributed by atoms with E-state index in [-0.39, 0.29) is 12.2 Å². The third-order valence-corrected chi connectivity index (χ3v) is 2.70. The van der Waals surface area contributed by atoms with Gasteiger partial charge in [0.05, 0.1) is 18.8 Å². The van der Waals surface area contributed by atoms with E-state index in [9.17, 15) is 5.11 Å². The number of aliphatic hydroxyl groups excluding tert-OH is 1. The van der Waals surface area contributed by atoms with Gasteiger partial charge in [-0.05, 0) is 13.2 Å². The number of hydrogen-bond acceptors (Lipinski definition) is 4. The van der Waals surface area contributed by atoms with Gasteiger partial charge in [0.1, 0.15) is 0 Å². The molecule has 0 aliphatic carbocycles. The molecule has 11 heavy (non-hydrogen) atoms. The highest BCUT2D eigenvalue weighted by molar-refractivity contribution is 7.96. The smallest absolute Gasteiger partial charge is 0.0967 e. The monoisotopic (exact) mass is 177 g/mol. The lowest BCUT2D eigenvalue weighted by Gasteiger charge is -2.32. The van der Waals surface area contributed by atoms with Gasteiger partial charge >= 0.3 is 0 Å². The standard InChI is InChI=1S/C7H15NO2S/c1-6(9)7-5-8(11-2)3-4-10-7/h6-7,9H,3-5H2,1-2H3/t6-,7+/m0/s1. The Balaban J connectivity index is 2.33. The van der Waals surface area contributed by atoms with Crippen LogP contribution in [0.3, 0.4) is 0 Å². The summed E-state index contributed by atoms with van der Waals surface area (Å²) >= 11 is 1.71. The molecule has 1 saturated heterocycles. The highest BCUT2D eigenvalue weighted by atomic mass is 32.2. The number of rotatable bonds is 2. The van der Waals surface area contributed by atoms with Gasteiger partial charge in [-0.15, -0.1) is 0 Å². The molecule has 0 aromatic heterocycles. The second kappa shape index (κ2) is 4.30. The van der Waals surface area contributed by atoms with Gasteiger partial charge in [-0.25, -0.2) is 4.31 Å². The average molecular weight is 177 g/mol. The molecule has 0 saturated carbocycles. The van der Waals surface area contributed by atoms with Crippen molar-refractivity contribution in [2.75, 3.05) is 26.0 Å². The summed E-state index contributed by atoms with van der Waals surface area (Å²) in [5.74, 6) is 0. The fourth-order valence-corrected chi connectivity index (χ4v) is 1.66. The predicted octanol–water partition coefficient (Wildman–Crippen LogP) is 0.346. The highest BCUT2D eigenvalue weighted by Crippen LogP contribution is 2.14. The van der Waals surface area contributed by atoms with E-state index in [0.717, 1.165) is 19.7 Å². The van der Waals surface area contributed by atoms with Gasteiger partial charge in [-0.1, -0.05) is 11.9 Å². The molecular formula is C7H15NO2S. The molecule has 1 aliphatic heterocycles. The molecule has 4 heteroatoms. The van der Waals surface area contributed by atoms with E-state index >= 15 is 0 Å². The quantitative estimate of drug-likeness (QED) is 0.617. The molecule has 0 radical (unpaired) electrons. The molecule has 2 atom stereocenters. The zero-order valence-electron chi connectivity index (χ0n) is 6.99. The molecule has 0 bridgehead atoms. The maximum absolute atomic E-state index is 9.23. The zero-order valence-corrected chi connectivity index (χ0v) is 7.80. The topological polar surface area (TPSA) is 32.7 Å². The number of aliphatic hydroxyl groups is 1. The second-order valence-corrected chi connectivity index (χ2v) is 3.60. The fourth-order valence-electron chi connectivity index (χ4n) is 1.11. The van der Waals surface area contributed by atoms with Crippen molar-refractivity contribution in [2.45, 2.75) is 19.1 Å². The molecular weight excluding hydrogens is 162 g/mol. The lowest BCUT2D eigenvalue weighted by atomic mass is 10.2. The summed E-state index contributed by atoms with van der Waals surface area (Å²) in [6.45, 7) is 4.30. The zero-order chi connectivity index (χ0) is 8.27. The Labute approximate surface area is 71.8 Å². The summed E-state index contributed by atoms with van der Waals surface area (Å²) < 4.78 is 7.58. The van der Waals surface area contributed by atoms with Crippen LogP contribution in [0, 0.1) is 0 Å². The molecule has 0 unspecified atom stereocenters. The minimum atomic E-state index is -0.357. The van der Waals surface area contributed by atoms with Gasteiger partial charge in [0.2, 0.25) is 0 Å². The summed E-state index contributed by atoms with van der Waals surface area (Å²) in [7, 11) is 0. The van der Waals surface area contributed by atoms with Crippen molar-refractivity contribution < 1.29 is 9.84 Å². The number of morpholine rings is 1. The molecule has 1 aliphatic rings. The molecule has 1 N–H and O–H groups in total. The Bertz CT molecular complexity index is 121. The largest absolute Gasteiger partial charge is 0.391 e. The summed E-state index contributed by atoms with van der Waals surface area (Å²) in [6, 6.07) is 0. The molecule has 0 aromatic rings. The summed E-state index contributed by atoms with van der Waals surface area (Å²) in [5.41, 5.74) is 0. The van der Waals surface area contributed by atoms with E-state index in [2.05, 4.69) is 4.31 Å². The molecule has 1 heterocycles. The molecule has 0 amide bonds. The molecule has 66 valence electrons. The first-order valence-electron chi connectivity index (χ1n) is 3.82. The Morgan fingerprint density at radius 2 is 2.45 bits per heavy atom. The van der Waals surface area contributed by atoms with E-state index in [4.69, 9.17) is 4.74 Å². The number of hydrogen-bond donors (Lipinski definition) is 1. The van der Waals surface area contributed by atoms with Crippen molar-refractivity contribution >= 4 is 11.9 Å². The highest BCUT2D eigenvalue weighted by Gasteiger charge is 2.23. The van der Waals surface area contributed by atoms with Crippen molar-refractivity contribution in [1.29, 1.82) is 0 Å². The van der Waals surface area contributed by atoms with Crippen molar-refractivity contribution in [3.05, 3.63) is 0 Å².